The van der Waals surface area contributed by atoms with E-state index in [9.17, 15) is 9.59 Å². The highest BCUT2D eigenvalue weighted by Crippen LogP contribution is 2.23. The van der Waals surface area contributed by atoms with Gasteiger partial charge in [0.1, 0.15) is 0 Å². The topological polar surface area (TPSA) is 69.6 Å². The van der Waals surface area contributed by atoms with Crippen molar-refractivity contribution in [3.63, 3.8) is 0 Å². The minimum Gasteiger partial charge on any atom is -0.478 e. The Bertz CT molecular complexity index is 534. The van der Waals surface area contributed by atoms with Crippen molar-refractivity contribution in [3.8, 4) is 0 Å². The van der Waals surface area contributed by atoms with Crippen LogP contribution < -0.4 is 5.32 Å². The lowest BCUT2D eigenvalue weighted by atomic mass is 10.1. The van der Waals surface area contributed by atoms with Gasteiger partial charge in [0.05, 0.1) is 5.56 Å². The molecule has 1 aliphatic rings. The summed E-state index contributed by atoms with van der Waals surface area (Å²) < 4.78 is 0. The number of fused-ring (bicyclic) bond motifs is 1. The highest BCUT2D eigenvalue weighted by Gasteiger charge is 2.23. The maximum Gasteiger partial charge on any atom is 0.335 e. The summed E-state index contributed by atoms with van der Waals surface area (Å²) in [6, 6.07) is 4.96. The molecule has 2 rings (SSSR count). The number of hydrogen-bond donors (Lipinski definition) is 2. The zero-order valence-electron chi connectivity index (χ0n) is 12.1. The summed E-state index contributed by atoms with van der Waals surface area (Å²) in [6.07, 6.45) is 4.16. The molecule has 0 saturated heterocycles. The zero-order valence-corrected chi connectivity index (χ0v) is 12.9. The van der Waals surface area contributed by atoms with Gasteiger partial charge in [-0.1, -0.05) is 6.07 Å². The van der Waals surface area contributed by atoms with Crippen LogP contribution in [0.3, 0.4) is 0 Å². The SMILES string of the molecule is CSCCCCNC(=O)N1Cc2ccc(C(=O)O)cc2C1. The molecule has 0 unspecified atom stereocenters. The molecule has 1 heterocycles. The van der Waals surface area contributed by atoms with Crippen molar-refractivity contribution in [3.05, 3.63) is 34.9 Å². The molecule has 1 aliphatic heterocycles. The van der Waals surface area contributed by atoms with Crippen LogP contribution in [0.4, 0.5) is 4.79 Å². The Hall–Kier alpha value is -1.69. The highest BCUT2D eigenvalue weighted by molar-refractivity contribution is 7.98. The third-order valence-corrected chi connectivity index (χ3v) is 4.21. The molecule has 0 radical (unpaired) electrons. The highest BCUT2D eigenvalue weighted by atomic mass is 32.2. The standard InChI is InChI=1S/C15H20N2O3S/c1-21-7-3-2-6-16-15(20)17-9-12-5-4-11(14(18)19)8-13(12)10-17/h4-5,8H,2-3,6-7,9-10H2,1H3,(H,16,20)(H,18,19). The van der Waals surface area contributed by atoms with Gasteiger partial charge in [0.2, 0.25) is 0 Å². The van der Waals surface area contributed by atoms with E-state index in [-0.39, 0.29) is 11.6 Å². The van der Waals surface area contributed by atoms with Gasteiger partial charge >= 0.3 is 12.0 Å². The second kappa shape index (κ2) is 7.36. The predicted molar refractivity (Wildman–Crippen MR) is 83.7 cm³/mol. The summed E-state index contributed by atoms with van der Waals surface area (Å²) in [7, 11) is 0. The summed E-state index contributed by atoms with van der Waals surface area (Å²) >= 11 is 1.81. The average molecular weight is 308 g/mol. The van der Waals surface area contributed by atoms with E-state index >= 15 is 0 Å². The van der Waals surface area contributed by atoms with E-state index in [0.29, 0.717) is 19.6 Å². The van der Waals surface area contributed by atoms with Gasteiger partial charge < -0.3 is 15.3 Å². The summed E-state index contributed by atoms with van der Waals surface area (Å²) in [4.78, 5) is 24.7. The average Bonchev–Trinajstić information content (AvgIpc) is 2.89. The Kier molecular flexibility index (Phi) is 5.50. The summed E-state index contributed by atoms with van der Waals surface area (Å²) in [6.45, 7) is 1.71. The molecule has 21 heavy (non-hydrogen) atoms. The molecule has 0 spiro atoms. The van der Waals surface area contributed by atoms with Crippen LogP contribution in [-0.4, -0.2) is 40.6 Å². The quantitative estimate of drug-likeness (QED) is 0.792. The fraction of sp³-hybridized carbons (Fsp3) is 0.467. The molecule has 0 fully saturated rings. The number of hydrogen-bond acceptors (Lipinski definition) is 3. The minimum absolute atomic E-state index is 0.0766. The number of rotatable bonds is 6. The normalized spacial score (nSPS) is 13.1. The summed E-state index contributed by atoms with van der Waals surface area (Å²) in [5, 5.41) is 11.9. The molecule has 0 aliphatic carbocycles. The number of carboxylic acid groups (broad SMARTS) is 1. The van der Waals surface area contributed by atoms with Gasteiger partial charge in [0.15, 0.2) is 0 Å². The fourth-order valence-corrected chi connectivity index (χ4v) is 2.84. The molecule has 0 aromatic heterocycles. The molecule has 1 aromatic carbocycles. The van der Waals surface area contributed by atoms with E-state index in [4.69, 9.17) is 5.11 Å². The Morgan fingerprint density at radius 1 is 1.29 bits per heavy atom. The predicted octanol–water partition coefficient (Wildman–Crippen LogP) is 2.55. The number of carbonyl (C=O) groups excluding carboxylic acids is 1. The van der Waals surface area contributed by atoms with Crippen LogP contribution in [0.2, 0.25) is 0 Å². The molecule has 2 amide bonds. The molecule has 5 nitrogen and oxygen atoms in total. The van der Waals surface area contributed by atoms with Gasteiger partial charge in [-0.3, -0.25) is 0 Å². The third kappa shape index (κ3) is 4.14. The zero-order chi connectivity index (χ0) is 15.2. The van der Waals surface area contributed by atoms with Crippen LogP contribution in [-0.2, 0) is 13.1 Å². The maximum absolute atomic E-state index is 12.1. The Morgan fingerprint density at radius 3 is 2.76 bits per heavy atom. The molecule has 1 aromatic rings. The van der Waals surface area contributed by atoms with Gasteiger partial charge in [-0.05, 0) is 48.1 Å². The van der Waals surface area contributed by atoms with E-state index in [0.717, 1.165) is 29.7 Å². The molecule has 0 bridgehead atoms. The first-order valence-corrected chi connectivity index (χ1v) is 8.38. The summed E-state index contributed by atoms with van der Waals surface area (Å²) in [5.74, 6) is 0.178. The smallest absolute Gasteiger partial charge is 0.335 e. The molecule has 6 heteroatoms. The van der Waals surface area contributed by atoms with Crippen molar-refractivity contribution in [2.24, 2.45) is 0 Å². The third-order valence-electron chi connectivity index (χ3n) is 3.51. The number of nitrogens with zero attached hydrogens (tertiary/aromatic N) is 1. The van der Waals surface area contributed by atoms with E-state index in [1.165, 1.54) is 0 Å². The van der Waals surface area contributed by atoms with E-state index < -0.39 is 5.97 Å². The first-order chi connectivity index (χ1) is 10.1. The molecule has 0 atom stereocenters. The van der Waals surface area contributed by atoms with Crippen LogP contribution in [0.15, 0.2) is 18.2 Å². The largest absolute Gasteiger partial charge is 0.478 e. The number of unbranched alkanes of at least 4 members (excludes halogenated alkanes) is 1. The molecule has 2 N–H and O–H groups in total. The summed E-state index contributed by atoms with van der Waals surface area (Å²) in [5.41, 5.74) is 2.22. The van der Waals surface area contributed by atoms with Crippen LogP contribution >= 0.6 is 11.8 Å². The maximum atomic E-state index is 12.1. The van der Waals surface area contributed by atoms with Crippen molar-refractivity contribution in [2.45, 2.75) is 25.9 Å². The van der Waals surface area contributed by atoms with Crippen molar-refractivity contribution < 1.29 is 14.7 Å². The number of benzene rings is 1. The lowest BCUT2D eigenvalue weighted by molar-refractivity contribution is 0.0696. The monoisotopic (exact) mass is 308 g/mol. The van der Waals surface area contributed by atoms with Crippen LogP contribution in [0.25, 0.3) is 0 Å². The van der Waals surface area contributed by atoms with Gasteiger partial charge in [0, 0.05) is 19.6 Å². The van der Waals surface area contributed by atoms with Crippen LogP contribution in [0.5, 0.6) is 0 Å². The van der Waals surface area contributed by atoms with Gasteiger partial charge in [-0.2, -0.15) is 11.8 Å². The second-order valence-corrected chi connectivity index (χ2v) is 6.06. The Labute approximate surface area is 128 Å². The first-order valence-electron chi connectivity index (χ1n) is 6.98. The molecular formula is C15H20N2O3S. The van der Waals surface area contributed by atoms with Crippen molar-refractivity contribution in [1.29, 1.82) is 0 Å². The number of nitrogens with one attached hydrogen (secondary N) is 1. The fourth-order valence-electron chi connectivity index (χ4n) is 2.35. The lowest BCUT2D eigenvalue weighted by Gasteiger charge is -2.16. The molecular weight excluding hydrogens is 288 g/mol. The number of thioether (sulfide) groups is 1. The Morgan fingerprint density at radius 2 is 2.05 bits per heavy atom. The Balaban J connectivity index is 1.84. The van der Waals surface area contributed by atoms with Crippen molar-refractivity contribution >= 4 is 23.8 Å². The van der Waals surface area contributed by atoms with Gasteiger partial charge in [-0.15, -0.1) is 0 Å². The number of carboxylic acids is 1. The second-order valence-electron chi connectivity index (χ2n) is 5.08. The number of urea groups is 1. The van der Waals surface area contributed by atoms with Crippen molar-refractivity contribution in [1.82, 2.24) is 10.2 Å². The van der Waals surface area contributed by atoms with Crippen LogP contribution in [0, 0.1) is 0 Å². The number of amides is 2. The van der Waals surface area contributed by atoms with E-state index in [1.54, 1.807) is 23.1 Å². The van der Waals surface area contributed by atoms with Gasteiger partial charge in [0.25, 0.3) is 0 Å². The van der Waals surface area contributed by atoms with Crippen LogP contribution in [0.1, 0.15) is 34.3 Å². The number of carbonyl (C=O) groups is 2. The molecule has 114 valence electrons. The van der Waals surface area contributed by atoms with E-state index in [1.807, 2.05) is 11.8 Å². The van der Waals surface area contributed by atoms with E-state index in [2.05, 4.69) is 11.6 Å². The number of aromatic carboxylic acids is 1. The first kappa shape index (κ1) is 15.7. The minimum atomic E-state index is -0.936. The lowest BCUT2D eigenvalue weighted by Crippen LogP contribution is -2.36. The molecule has 0 saturated carbocycles. The van der Waals surface area contributed by atoms with Gasteiger partial charge in [-0.25, -0.2) is 9.59 Å². The van der Waals surface area contributed by atoms with Crippen molar-refractivity contribution in [2.75, 3.05) is 18.6 Å².